The summed E-state index contributed by atoms with van der Waals surface area (Å²) in [5.74, 6) is 2.38. The number of anilines is 1. The molecule has 0 bridgehead atoms. The van der Waals surface area contributed by atoms with E-state index in [0.717, 1.165) is 28.1 Å². The van der Waals surface area contributed by atoms with Crippen LogP contribution in [0.15, 0.2) is 42.6 Å². The normalized spacial score (nSPS) is 17.1. The lowest BCUT2D eigenvalue weighted by Gasteiger charge is -2.11. The topological polar surface area (TPSA) is 64.1 Å². The zero-order chi connectivity index (χ0) is 16.4. The smallest absolute Gasteiger partial charge is 0.257 e. The second-order valence-corrected chi connectivity index (χ2v) is 7.61. The molecule has 1 saturated heterocycles. The van der Waals surface area contributed by atoms with Crippen molar-refractivity contribution in [3.8, 4) is 5.88 Å². The Kier molecular flexibility index (Phi) is 4.36. The number of ether oxygens (including phenoxy) is 1. The number of benzene rings is 1. The van der Waals surface area contributed by atoms with Gasteiger partial charge in [-0.05, 0) is 30.4 Å². The Hall–Kier alpha value is -2.12. The number of carbonyl (C=O) groups excluding carboxylic acids is 1. The minimum absolute atomic E-state index is 0.185. The molecular weight excluding hydrogens is 342 g/mol. The van der Waals surface area contributed by atoms with Gasteiger partial charge in [0.15, 0.2) is 5.13 Å². The van der Waals surface area contributed by atoms with Gasteiger partial charge in [-0.1, -0.05) is 23.5 Å². The molecule has 4 rings (SSSR count). The molecule has 0 spiro atoms. The van der Waals surface area contributed by atoms with Crippen molar-refractivity contribution in [3.05, 3.63) is 48.2 Å². The summed E-state index contributed by atoms with van der Waals surface area (Å²) in [6, 6.07) is 11.2. The Bertz CT molecular complexity index is 842. The van der Waals surface area contributed by atoms with Crippen LogP contribution in [-0.4, -0.2) is 33.5 Å². The SMILES string of the molecule is O=C(Nc1nc2ccccc2s1)c1ccnc(OC2CCSC2)c1. The van der Waals surface area contributed by atoms with Gasteiger partial charge in [0, 0.05) is 23.6 Å². The first-order chi connectivity index (χ1) is 11.8. The summed E-state index contributed by atoms with van der Waals surface area (Å²) in [4.78, 5) is 21.1. The summed E-state index contributed by atoms with van der Waals surface area (Å²) in [6.45, 7) is 0. The van der Waals surface area contributed by atoms with Crippen LogP contribution in [-0.2, 0) is 0 Å². The Balaban J connectivity index is 1.49. The van der Waals surface area contributed by atoms with Gasteiger partial charge >= 0.3 is 0 Å². The Morgan fingerprint density at radius 1 is 1.29 bits per heavy atom. The molecule has 1 unspecified atom stereocenters. The summed E-state index contributed by atoms with van der Waals surface area (Å²) in [7, 11) is 0. The van der Waals surface area contributed by atoms with E-state index in [2.05, 4.69) is 15.3 Å². The van der Waals surface area contributed by atoms with E-state index in [9.17, 15) is 4.79 Å². The highest BCUT2D eigenvalue weighted by Crippen LogP contribution is 2.26. The molecule has 1 aromatic carbocycles. The molecule has 1 aliphatic heterocycles. The summed E-state index contributed by atoms with van der Waals surface area (Å²) >= 11 is 3.33. The van der Waals surface area contributed by atoms with Crippen LogP contribution in [0.5, 0.6) is 5.88 Å². The van der Waals surface area contributed by atoms with Gasteiger partial charge < -0.3 is 4.74 Å². The molecule has 24 heavy (non-hydrogen) atoms. The fourth-order valence-corrected chi connectivity index (χ4v) is 4.44. The number of nitrogens with one attached hydrogen (secondary N) is 1. The summed E-state index contributed by atoms with van der Waals surface area (Å²) in [5.41, 5.74) is 1.40. The lowest BCUT2D eigenvalue weighted by atomic mass is 10.2. The molecule has 1 atom stereocenters. The number of fused-ring (bicyclic) bond motifs is 1. The number of hydrogen-bond acceptors (Lipinski definition) is 6. The number of hydrogen-bond donors (Lipinski definition) is 1. The van der Waals surface area contributed by atoms with Crippen LogP contribution in [0.2, 0.25) is 0 Å². The predicted octanol–water partition coefficient (Wildman–Crippen LogP) is 3.83. The molecule has 1 N–H and O–H groups in total. The van der Waals surface area contributed by atoms with Crippen molar-refractivity contribution in [1.82, 2.24) is 9.97 Å². The summed E-state index contributed by atoms with van der Waals surface area (Å²) < 4.78 is 6.89. The van der Waals surface area contributed by atoms with Crippen LogP contribution in [0.25, 0.3) is 10.2 Å². The van der Waals surface area contributed by atoms with Gasteiger partial charge in [-0.2, -0.15) is 11.8 Å². The molecule has 1 fully saturated rings. The van der Waals surface area contributed by atoms with Crippen LogP contribution >= 0.6 is 23.1 Å². The van der Waals surface area contributed by atoms with E-state index in [1.165, 1.54) is 11.3 Å². The Morgan fingerprint density at radius 2 is 2.21 bits per heavy atom. The lowest BCUT2D eigenvalue weighted by molar-refractivity contribution is 0.102. The number of pyridine rings is 1. The number of nitrogens with zero attached hydrogens (tertiary/aromatic N) is 2. The third-order valence-corrected chi connectivity index (χ3v) is 5.77. The van der Waals surface area contributed by atoms with Crippen LogP contribution in [0, 0.1) is 0 Å². The molecule has 2 aromatic heterocycles. The second-order valence-electron chi connectivity index (χ2n) is 5.43. The van der Waals surface area contributed by atoms with Crippen molar-refractivity contribution in [1.29, 1.82) is 0 Å². The molecule has 1 amide bonds. The van der Waals surface area contributed by atoms with Crippen molar-refractivity contribution < 1.29 is 9.53 Å². The molecule has 122 valence electrons. The summed E-state index contributed by atoms with van der Waals surface area (Å²) in [6.07, 6.45) is 2.81. The molecule has 5 nitrogen and oxygen atoms in total. The van der Waals surface area contributed by atoms with Gasteiger partial charge in [0.1, 0.15) is 6.10 Å². The zero-order valence-electron chi connectivity index (χ0n) is 12.8. The fourth-order valence-electron chi connectivity index (χ4n) is 2.49. The van der Waals surface area contributed by atoms with E-state index in [1.807, 2.05) is 36.0 Å². The maximum Gasteiger partial charge on any atom is 0.257 e. The highest BCUT2D eigenvalue weighted by atomic mass is 32.2. The third kappa shape index (κ3) is 3.37. The number of amides is 1. The molecule has 1 aliphatic rings. The predicted molar refractivity (Wildman–Crippen MR) is 98.2 cm³/mol. The second kappa shape index (κ2) is 6.78. The molecule has 0 radical (unpaired) electrons. The minimum Gasteiger partial charge on any atom is -0.473 e. The van der Waals surface area contributed by atoms with Crippen LogP contribution in [0.3, 0.4) is 0 Å². The molecule has 3 heterocycles. The number of aromatic nitrogens is 2. The van der Waals surface area contributed by atoms with Crippen LogP contribution in [0.1, 0.15) is 16.8 Å². The number of para-hydroxylation sites is 1. The molecule has 3 aromatic rings. The van der Waals surface area contributed by atoms with E-state index < -0.39 is 0 Å². The minimum atomic E-state index is -0.206. The highest BCUT2D eigenvalue weighted by Gasteiger charge is 2.18. The molecular formula is C17H15N3O2S2. The van der Waals surface area contributed by atoms with Gasteiger partial charge in [0.25, 0.3) is 5.91 Å². The first-order valence-electron chi connectivity index (χ1n) is 7.65. The quantitative estimate of drug-likeness (QED) is 0.769. The Labute approximate surface area is 147 Å². The average molecular weight is 357 g/mol. The number of rotatable bonds is 4. The number of thioether (sulfide) groups is 1. The standard InChI is InChI=1S/C17H15N3O2S2/c21-16(20-17-19-13-3-1-2-4-14(13)24-17)11-5-7-18-15(9-11)22-12-6-8-23-10-12/h1-5,7,9,12H,6,8,10H2,(H,19,20,21). The largest absolute Gasteiger partial charge is 0.473 e. The molecule has 7 heteroatoms. The van der Waals surface area contributed by atoms with Crippen LogP contribution < -0.4 is 10.1 Å². The van der Waals surface area contributed by atoms with E-state index in [0.29, 0.717) is 16.6 Å². The van der Waals surface area contributed by atoms with Crippen molar-refractivity contribution >= 4 is 44.4 Å². The van der Waals surface area contributed by atoms with Crippen molar-refractivity contribution in [2.24, 2.45) is 0 Å². The fraction of sp³-hybridized carbons (Fsp3) is 0.235. The van der Waals surface area contributed by atoms with E-state index in [4.69, 9.17) is 4.74 Å². The van der Waals surface area contributed by atoms with Gasteiger partial charge in [0.05, 0.1) is 10.2 Å². The molecule has 0 saturated carbocycles. The van der Waals surface area contributed by atoms with Gasteiger partial charge in [0.2, 0.25) is 5.88 Å². The van der Waals surface area contributed by atoms with Crippen LogP contribution in [0.4, 0.5) is 5.13 Å². The van der Waals surface area contributed by atoms with Gasteiger partial charge in [-0.15, -0.1) is 0 Å². The number of carbonyl (C=O) groups is 1. The Morgan fingerprint density at radius 3 is 3.04 bits per heavy atom. The van der Waals surface area contributed by atoms with Crippen molar-refractivity contribution in [2.45, 2.75) is 12.5 Å². The monoisotopic (exact) mass is 357 g/mol. The highest BCUT2D eigenvalue weighted by molar-refractivity contribution is 7.99. The maximum atomic E-state index is 12.4. The lowest BCUT2D eigenvalue weighted by Crippen LogP contribution is -2.17. The summed E-state index contributed by atoms with van der Waals surface area (Å²) in [5, 5.41) is 3.44. The van der Waals surface area contributed by atoms with E-state index in [-0.39, 0.29) is 12.0 Å². The first-order valence-corrected chi connectivity index (χ1v) is 9.62. The van der Waals surface area contributed by atoms with Gasteiger partial charge in [-0.25, -0.2) is 9.97 Å². The van der Waals surface area contributed by atoms with E-state index in [1.54, 1.807) is 18.3 Å². The van der Waals surface area contributed by atoms with Gasteiger partial charge in [-0.3, -0.25) is 10.1 Å². The zero-order valence-corrected chi connectivity index (χ0v) is 14.4. The van der Waals surface area contributed by atoms with Crippen molar-refractivity contribution in [3.63, 3.8) is 0 Å². The molecule has 0 aliphatic carbocycles. The average Bonchev–Trinajstić information content (AvgIpc) is 3.24. The van der Waals surface area contributed by atoms with Crippen molar-refractivity contribution in [2.75, 3.05) is 16.8 Å². The third-order valence-electron chi connectivity index (χ3n) is 3.69. The van der Waals surface area contributed by atoms with E-state index >= 15 is 0 Å². The first kappa shape index (κ1) is 15.4. The number of thiazole rings is 1. The maximum absolute atomic E-state index is 12.4.